The summed E-state index contributed by atoms with van der Waals surface area (Å²) in [6, 6.07) is 8.18. The number of hydrogen-bond donors (Lipinski definition) is 1. The summed E-state index contributed by atoms with van der Waals surface area (Å²) in [6.07, 6.45) is 1.46. The quantitative estimate of drug-likeness (QED) is 0.730. The van der Waals surface area contributed by atoms with Crippen LogP contribution < -0.4 is 5.56 Å². The first-order valence-corrected chi connectivity index (χ1v) is 9.25. The Bertz CT molecular complexity index is 971. The van der Waals surface area contributed by atoms with Gasteiger partial charge in [0.25, 0.3) is 5.56 Å². The molecule has 2 aromatic heterocycles. The van der Waals surface area contributed by atoms with Crippen molar-refractivity contribution < 1.29 is 9.90 Å². The van der Waals surface area contributed by atoms with E-state index in [1.165, 1.54) is 21.5 Å². The van der Waals surface area contributed by atoms with Gasteiger partial charge < -0.3 is 5.11 Å². The molecule has 3 aromatic rings. The molecule has 0 spiro atoms. The Labute approximate surface area is 149 Å². The van der Waals surface area contributed by atoms with Crippen LogP contribution in [0.3, 0.4) is 0 Å². The van der Waals surface area contributed by atoms with E-state index < -0.39 is 5.97 Å². The summed E-state index contributed by atoms with van der Waals surface area (Å²) in [5.74, 6) is -0.289. The number of carbonyl (C=O) groups is 1. The molecule has 2 heterocycles. The molecule has 0 bridgehead atoms. The van der Waals surface area contributed by atoms with Gasteiger partial charge in [0.15, 0.2) is 0 Å². The Kier molecular flexibility index (Phi) is 4.99. The van der Waals surface area contributed by atoms with Crippen LogP contribution in [0.25, 0.3) is 21.3 Å². The fourth-order valence-corrected chi connectivity index (χ4v) is 3.86. The molecular formula is C19H20N2O3S. The highest BCUT2D eigenvalue weighted by atomic mass is 32.1. The largest absolute Gasteiger partial charge is 0.481 e. The fraction of sp³-hybridized carbons (Fsp3) is 0.316. The van der Waals surface area contributed by atoms with Crippen LogP contribution in [0.1, 0.15) is 31.7 Å². The van der Waals surface area contributed by atoms with Crippen LogP contribution in [0.5, 0.6) is 0 Å². The SMILES string of the molecule is CCc1ccc(-c2csc3nc(CC)n(CCC(=O)O)c(=O)c23)cc1. The van der Waals surface area contributed by atoms with Gasteiger partial charge in [-0.05, 0) is 17.5 Å². The fourth-order valence-electron chi connectivity index (χ4n) is 2.91. The number of aromatic nitrogens is 2. The number of hydrogen-bond acceptors (Lipinski definition) is 4. The van der Waals surface area contributed by atoms with Crippen molar-refractivity contribution in [1.82, 2.24) is 9.55 Å². The third-order valence-electron chi connectivity index (χ3n) is 4.31. The molecule has 1 aromatic carbocycles. The minimum Gasteiger partial charge on any atom is -0.481 e. The maximum Gasteiger partial charge on any atom is 0.305 e. The molecular weight excluding hydrogens is 336 g/mol. The van der Waals surface area contributed by atoms with Crippen LogP contribution in [0.4, 0.5) is 0 Å². The Morgan fingerprint density at radius 1 is 1.20 bits per heavy atom. The minimum absolute atomic E-state index is 0.0925. The maximum atomic E-state index is 13.0. The van der Waals surface area contributed by atoms with Crippen LogP contribution >= 0.6 is 11.3 Å². The first-order chi connectivity index (χ1) is 12.0. The van der Waals surface area contributed by atoms with Crippen molar-refractivity contribution in [1.29, 1.82) is 0 Å². The first-order valence-electron chi connectivity index (χ1n) is 8.37. The number of carboxylic acid groups (broad SMARTS) is 1. The Morgan fingerprint density at radius 2 is 1.92 bits per heavy atom. The lowest BCUT2D eigenvalue weighted by atomic mass is 10.0. The molecule has 25 heavy (non-hydrogen) atoms. The second kappa shape index (κ2) is 7.19. The molecule has 130 valence electrons. The zero-order chi connectivity index (χ0) is 18.0. The number of rotatable bonds is 6. The van der Waals surface area contributed by atoms with E-state index in [0.717, 1.165) is 17.5 Å². The van der Waals surface area contributed by atoms with Gasteiger partial charge in [-0.25, -0.2) is 4.98 Å². The second-order valence-electron chi connectivity index (χ2n) is 5.86. The smallest absolute Gasteiger partial charge is 0.305 e. The summed E-state index contributed by atoms with van der Waals surface area (Å²) in [4.78, 5) is 29.3. The lowest BCUT2D eigenvalue weighted by Crippen LogP contribution is -2.26. The molecule has 0 atom stereocenters. The highest BCUT2D eigenvalue weighted by Crippen LogP contribution is 2.31. The number of nitrogens with zero attached hydrogens (tertiary/aromatic N) is 2. The average Bonchev–Trinajstić information content (AvgIpc) is 3.04. The number of thiophene rings is 1. The van der Waals surface area contributed by atoms with Gasteiger partial charge in [-0.1, -0.05) is 38.1 Å². The van der Waals surface area contributed by atoms with Gasteiger partial charge in [-0.2, -0.15) is 0 Å². The van der Waals surface area contributed by atoms with Crippen LogP contribution in [0, 0.1) is 0 Å². The maximum absolute atomic E-state index is 13.0. The molecule has 6 heteroatoms. The predicted octanol–water partition coefficient (Wildman–Crippen LogP) is 3.72. The predicted molar refractivity (Wildman–Crippen MR) is 100 cm³/mol. The summed E-state index contributed by atoms with van der Waals surface area (Å²) < 4.78 is 1.51. The van der Waals surface area contributed by atoms with Gasteiger partial charge in [-0.15, -0.1) is 11.3 Å². The molecule has 0 unspecified atom stereocenters. The molecule has 0 saturated carbocycles. The summed E-state index contributed by atoms with van der Waals surface area (Å²) in [6.45, 7) is 4.17. The molecule has 0 radical (unpaired) electrons. The van der Waals surface area contributed by atoms with Crippen molar-refractivity contribution in [2.75, 3.05) is 0 Å². The number of carboxylic acids is 1. The molecule has 1 N–H and O–H groups in total. The normalized spacial score (nSPS) is 11.1. The van der Waals surface area contributed by atoms with Gasteiger partial charge in [0.2, 0.25) is 0 Å². The summed E-state index contributed by atoms with van der Waals surface area (Å²) >= 11 is 1.45. The zero-order valence-corrected chi connectivity index (χ0v) is 15.1. The summed E-state index contributed by atoms with van der Waals surface area (Å²) in [5, 5.41) is 11.5. The monoisotopic (exact) mass is 356 g/mol. The minimum atomic E-state index is -0.922. The van der Waals surface area contributed by atoms with E-state index in [-0.39, 0.29) is 18.5 Å². The van der Waals surface area contributed by atoms with Crippen molar-refractivity contribution in [3.63, 3.8) is 0 Å². The van der Waals surface area contributed by atoms with Crippen LogP contribution in [0.15, 0.2) is 34.4 Å². The second-order valence-corrected chi connectivity index (χ2v) is 6.72. The van der Waals surface area contributed by atoms with Crippen molar-refractivity contribution in [3.05, 3.63) is 51.4 Å². The molecule has 0 fully saturated rings. The molecule has 5 nitrogen and oxygen atoms in total. The molecule has 0 aliphatic heterocycles. The highest BCUT2D eigenvalue weighted by Gasteiger charge is 2.16. The van der Waals surface area contributed by atoms with E-state index in [9.17, 15) is 9.59 Å². The zero-order valence-electron chi connectivity index (χ0n) is 14.3. The lowest BCUT2D eigenvalue weighted by Gasteiger charge is -2.10. The van der Waals surface area contributed by atoms with E-state index in [4.69, 9.17) is 5.11 Å². The molecule has 0 aliphatic rings. The number of benzene rings is 1. The van der Waals surface area contributed by atoms with Crippen molar-refractivity contribution in [2.45, 2.75) is 39.7 Å². The Morgan fingerprint density at radius 3 is 2.52 bits per heavy atom. The van der Waals surface area contributed by atoms with E-state index in [0.29, 0.717) is 22.5 Å². The third kappa shape index (κ3) is 3.35. The summed E-state index contributed by atoms with van der Waals surface area (Å²) in [7, 11) is 0. The number of aliphatic carboxylic acids is 1. The van der Waals surface area contributed by atoms with Crippen LogP contribution in [0.2, 0.25) is 0 Å². The number of fused-ring (bicyclic) bond motifs is 1. The Hall–Kier alpha value is -2.47. The molecule has 0 amide bonds. The van der Waals surface area contributed by atoms with Crippen LogP contribution in [-0.4, -0.2) is 20.6 Å². The number of aryl methyl sites for hydroxylation is 2. The molecule has 0 aliphatic carbocycles. The Balaban J connectivity index is 2.16. The van der Waals surface area contributed by atoms with E-state index in [1.54, 1.807) is 0 Å². The van der Waals surface area contributed by atoms with Crippen LogP contribution in [-0.2, 0) is 24.2 Å². The first kappa shape index (κ1) is 17.4. The third-order valence-corrected chi connectivity index (χ3v) is 5.18. The van der Waals surface area contributed by atoms with Gasteiger partial charge >= 0.3 is 5.97 Å². The van der Waals surface area contributed by atoms with Gasteiger partial charge in [-0.3, -0.25) is 14.2 Å². The van der Waals surface area contributed by atoms with E-state index in [2.05, 4.69) is 24.0 Å². The van der Waals surface area contributed by atoms with Gasteiger partial charge in [0, 0.05) is 23.9 Å². The van der Waals surface area contributed by atoms with Crippen molar-refractivity contribution in [2.24, 2.45) is 0 Å². The van der Waals surface area contributed by atoms with E-state index in [1.807, 2.05) is 24.4 Å². The summed E-state index contributed by atoms with van der Waals surface area (Å²) in [5.41, 5.74) is 2.94. The highest BCUT2D eigenvalue weighted by molar-refractivity contribution is 7.17. The molecule has 0 saturated heterocycles. The van der Waals surface area contributed by atoms with Gasteiger partial charge in [0.05, 0.1) is 11.8 Å². The average molecular weight is 356 g/mol. The topological polar surface area (TPSA) is 72.2 Å². The van der Waals surface area contributed by atoms with E-state index >= 15 is 0 Å². The van der Waals surface area contributed by atoms with Crippen molar-refractivity contribution in [3.8, 4) is 11.1 Å². The van der Waals surface area contributed by atoms with Crippen molar-refractivity contribution >= 4 is 27.5 Å². The standard InChI is InChI=1S/C19H20N2O3S/c1-3-12-5-7-13(8-6-12)14-11-25-18-17(14)19(24)21(10-9-16(22)23)15(4-2)20-18/h5-8,11H,3-4,9-10H2,1-2H3,(H,22,23). The lowest BCUT2D eigenvalue weighted by molar-refractivity contribution is -0.137. The molecule has 3 rings (SSSR count). The van der Waals surface area contributed by atoms with Gasteiger partial charge in [0.1, 0.15) is 10.7 Å².